The summed E-state index contributed by atoms with van der Waals surface area (Å²) in [5.74, 6) is -0.0977. The zero-order valence-corrected chi connectivity index (χ0v) is 20.3. The SMILES string of the molecule is Cc1ccc(C(=O)c2c(OC3CCCC3)c(O)n(-c3nc4ccc(F)cc4s3)c2-c2ccccc2)o1. The molecule has 0 amide bonds. The highest BCUT2D eigenvalue weighted by molar-refractivity contribution is 7.20. The van der Waals surface area contributed by atoms with Gasteiger partial charge in [0.15, 0.2) is 16.6 Å². The Balaban J connectivity index is 1.64. The lowest BCUT2D eigenvalue weighted by molar-refractivity contribution is 0.100. The standard InChI is InChI=1S/C28H23FN2O4S/c1-16-11-14-21(34-16)25(32)23-24(17-7-3-2-4-8-17)31(27(33)26(23)35-19-9-5-6-10-19)28-30-20-13-12-18(29)15-22(20)36-28/h2-4,7-8,11-15,19,33H,5-6,9-10H2,1H3. The number of hydrogen-bond donors (Lipinski definition) is 1. The van der Waals surface area contributed by atoms with Gasteiger partial charge in [0.05, 0.1) is 27.6 Å². The number of fused-ring (bicyclic) bond motifs is 1. The molecule has 2 aromatic carbocycles. The van der Waals surface area contributed by atoms with Crippen molar-refractivity contribution in [1.29, 1.82) is 0 Å². The first-order valence-corrected chi connectivity index (χ1v) is 12.7. The number of aromatic nitrogens is 2. The van der Waals surface area contributed by atoms with Crippen LogP contribution in [0.4, 0.5) is 4.39 Å². The normalized spacial score (nSPS) is 14.1. The van der Waals surface area contributed by atoms with Gasteiger partial charge in [-0.05, 0) is 68.5 Å². The van der Waals surface area contributed by atoms with Crippen molar-refractivity contribution in [3.63, 3.8) is 0 Å². The molecule has 0 spiro atoms. The maximum Gasteiger partial charge on any atom is 0.242 e. The molecule has 1 aliphatic carbocycles. The predicted octanol–water partition coefficient (Wildman–Crippen LogP) is 7.05. The van der Waals surface area contributed by atoms with Crippen LogP contribution in [-0.2, 0) is 0 Å². The van der Waals surface area contributed by atoms with Gasteiger partial charge in [0.25, 0.3) is 0 Å². The van der Waals surface area contributed by atoms with Crippen molar-refractivity contribution < 1.29 is 23.4 Å². The number of rotatable bonds is 6. The third kappa shape index (κ3) is 3.87. The topological polar surface area (TPSA) is 77.5 Å². The summed E-state index contributed by atoms with van der Waals surface area (Å²) in [7, 11) is 0. The van der Waals surface area contributed by atoms with Crippen molar-refractivity contribution in [2.75, 3.05) is 0 Å². The molecule has 6 nitrogen and oxygen atoms in total. The molecule has 182 valence electrons. The number of furan rings is 1. The van der Waals surface area contributed by atoms with E-state index in [0.29, 0.717) is 32.4 Å². The van der Waals surface area contributed by atoms with Crippen LogP contribution in [0.2, 0.25) is 0 Å². The van der Waals surface area contributed by atoms with E-state index in [1.54, 1.807) is 25.1 Å². The Bertz CT molecular complexity index is 1580. The van der Waals surface area contributed by atoms with E-state index >= 15 is 0 Å². The van der Waals surface area contributed by atoms with Crippen LogP contribution in [-0.4, -0.2) is 26.5 Å². The molecule has 1 aliphatic rings. The average Bonchev–Trinajstić information content (AvgIpc) is 3.67. The van der Waals surface area contributed by atoms with Crippen LogP contribution < -0.4 is 4.74 Å². The van der Waals surface area contributed by atoms with E-state index in [2.05, 4.69) is 4.98 Å². The fraction of sp³-hybridized carbons (Fsp3) is 0.214. The summed E-state index contributed by atoms with van der Waals surface area (Å²) in [4.78, 5) is 18.6. The number of aromatic hydroxyl groups is 1. The maximum absolute atomic E-state index is 13.9. The molecule has 6 rings (SSSR count). The van der Waals surface area contributed by atoms with Crippen molar-refractivity contribution in [1.82, 2.24) is 9.55 Å². The van der Waals surface area contributed by atoms with Crippen LogP contribution >= 0.6 is 11.3 Å². The molecular formula is C28H23FN2O4S. The highest BCUT2D eigenvalue weighted by Crippen LogP contribution is 2.47. The molecule has 1 saturated carbocycles. The molecule has 3 heterocycles. The van der Waals surface area contributed by atoms with E-state index in [1.165, 1.54) is 28.0 Å². The first-order valence-electron chi connectivity index (χ1n) is 11.9. The Morgan fingerprint density at radius 1 is 1.14 bits per heavy atom. The Hall–Kier alpha value is -3.91. The Kier molecular flexibility index (Phi) is 5.60. The van der Waals surface area contributed by atoms with Gasteiger partial charge in [0, 0.05) is 0 Å². The van der Waals surface area contributed by atoms with Crippen molar-refractivity contribution in [3.05, 3.63) is 83.6 Å². The van der Waals surface area contributed by atoms with Gasteiger partial charge in [-0.2, -0.15) is 0 Å². The van der Waals surface area contributed by atoms with Crippen molar-refractivity contribution in [2.45, 2.75) is 38.7 Å². The molecule has 1 N–H and O–H groups in total. The minimum atomic E-state index is -0.392. The van der Waals surface area contributed by atoms with Crippen molar-refractivity contribution in [2.24, 2.45) is 0 Å². The third-order valence-electron chi connectivity index (χ3n) is 6.46. The van der Waals surface area contributed by atoms with E-state index in [9.17, 15) is 14.3 Å². The third-order valence-corrected chi connectivity index (χ3v) is 7.46. The van der Waals surface area contributed by atoms with Crippen LogP contribution in [0.1, 0.15) is 47.6 Å². The molecule has 0 atom stereocenters. The molecule has 3 aromatic heterocycles. The van der Waals surface area contributed by atoms with E-state index in [0.717, 1.165) is 25.7 Å². The molecule has 5 aromatic rings. The van der Waals surface area contributed by atoms with E-state index in [4.69, 9.17) is 9.15 Å². The number of thiazole rings is 1. The summed E-state index contributed by atoms with van der Waals surface area (Å²) in [6.07, 6.45) is 3.65. The molecular weight excluding hydrogens is 479 g/mol. The minimum Gasteiger partial charge on any atom is -0.492 e. The number of hydrogen-bond acceptors (Lipinski definition) is 6. The number of carbonyl (C=O) groups is 1. The lowest BCUT2D eigenvalue weighted by Crippen LogP contribution is -2.13. The van der Waals surface area contributed by atoms with E-state index < -0.39 is 5.78 Å². The van der Waals surface area contributed by atoms with Gasteiger partial charge in [-0.3, -0.25) is 9.36 Å². The van der Waals surface area contributed by atoms with Crippen molar-refractivity contribution in [3.8, 4) is 28.0 Å². The summed E-state index contributed by atoms with van der Waals surface area (Å²) in [6, 6.07) is 17.0. The fourth-order valence-electron chi connectivity index (χ4n) is 4.75. The molecule has 0 bridgehead atoms. The first-order chi connectivity index (χ1) is 17.5. The summed E-state index contributed by atoms with van der Waals surface area (Å²) < 4.78 is 28.1. The van der Waals surface area contributed by atoms with E-state index in [1.807, 2.05) is 30.3 Å². The van der Waals surface area contributed by atoms with Crippen LogP contribution in [0.25, 0.3) is 26.6 Å². The largest absolute Gasteiger partial charge is 0.492 e. The highest BCUT2D eigenvalue weighted by atomic mass is 32.1. The van der Waals surface area contributed by atoms with Gasteiger partial charge in [-0.25, -0.2) is 9.37 Å². The zero-order chi connectivity index (χ0) is 24.8. The number of halogens is 1. The highest BCUT2D eigenvalue weighted by Gasteiger charge is 2.35. The maximum atomic E-state index is 13.9. The van der Waals surface area contributed by atoms with Crippen molar-refractivity contribution >= 4 is 27.3 Å². The summed E-state index contributed by atoms with van der Waals surface area (Å²) in [6.45, 7) is 1.77. The molecule has 36 heavy (non-hydrogen) atoms. The molecule has 1 fully saturated rings. The summed E-state index contributed by atoms with van der Waals surface area (Å²) >= 11 is 1.23. The van der Waals surface area contributed by atoms with Crippen LogP contribution in [0.5, 0.6) is 11.6 Å². The molecule has 0 unspecified atom stereocenters. The van der Waals surface area contributed by atoms with Gasteiger partial charge >= 0.3 is 0 Å². The molecule has 0 saturated heterocycles. The van der Waals surface area contributed by atoms with E-state index in [-0.39, 0.29) is 34.9 Å². The summed E-state index contributed by atoms with van der Waals surface area (Å²) in [5, 5.41) is 12.0. The van der Waals surface area contributed by atoms with Gasteiger partial charge in [-0.15, -0.1) is 0 Å². The van der Waals surface area contributed by atoms with Gasteiger partial charge in [0.1, 0.15) is 11.6 Å². The number of nitrogens with zero attached hydrogens (tertiary/aromatic N) is 2. The molecule has 0 aliphatic heterocycles. The summed E-state index contributed by atoms with van der Waals surface area (Å²) in [5.41, 5.74) is 1.95. The van der Waals surface area contributed by atoms with Gasteiger partial charge in [0.2, 0.25) is 11.7 Å². The van der Waals surface area contributed by atoms with Crippen LogP contribution in [0.3, 0.4) is 0 Å². The minimum absolute atomic E-state index is 0.107. The zero-order valence-electron chi connectivity index (χ0n) is 19.5. The average molecular weight is 503 g/mol. The second-order valence-electron chi connectivity index (χ2n) is 8.95. The van der Waals surface area contributed by atoms with Crippen LogP contribution in [0, 0.1) is 12.7 Å². The fourth-order valence-corrected chi connectivity index (χ4v) is 5.75. The monoisotopic (exact) mass is 502 g/mol. The second-order valence-corrected chi connectivity index (χ2v) is 9.96. The second kappa shape index (κ2) is 8.95. The predicted molar refractivity (Wildman–Crippen MR) is 136 cm³/mol. The Morgan fingerprint density at radius 3 is 2.64 bits per heavy atom. The quantitative estimate of drug-likeness (QED) is 0.252. The number of aryl methyl sites for hydroxylation is 1. The van der Waals surface area contributed by atoms with Crippen LogP contribution in [0.15, 0.2) is 65.1 Å². The van der Waals surface area contributed by atoms with Gasteiger partial charge < -0.3 is 14.3 Å². The lowest BCUT2D eigenvalue weighted by atomic mass is 10.0. The Labute approximate surface area is 210 Å². The first kappa shape index (κ1) is 22.5. The number of ketones is 1. The molecule has 0 radical (unpaired) electrons. The Morgan fingerprint density at radius 2 is 1.92 bits per heavy atom. The van der Waals surface area contributed by atoms with Gasteiger partial charge in [-0.1, -0.05) is 41.7 Å². The smallest absolute Gasteiger partial charge is 0.242 e. The number of benzene rings is 2. The number of carbonyl (C=O) groups excluding carboxylic acids is 1. The molecule has 8 heteroatoms. The number of ether oxygens (including phenoxy) is 1. The lowest BCUT2D eigenvalue weighted by Gasteiger charge is -2.13.